The van der Waals surface area contributed by atoms with Gasteiger partial charge in [-0.25, -0.2) is 0 Å². The van der Waals surface area contributed by atoms with Gasteiger partial charge in [0.05, 0.1) is 0 Å². The maximum absolute atomic E-state index is 3.66. The van der Waals surface area contributed by atoms with Gasteiger partial charge in [0, 0.05) is 12.1 Å². The molecule has 1 atom stereocenters. The van der Waals surface area contributed by atoms with Gasteiger partial charge < -0.3 is 10.2 Å². The fourth-order valence-corrected chi connectivity index (χ4v) is 2.25. The first-order valence-electron chi connectivity index (χ1n) is 8.51. The van der Waals surface area contributed by atoms with Gasteiger partial charge in [-0.2, -0.15) is 0 Å². The lowest BCUT2D eigenvalue weighted by Gasteiger charge is -2.21. The first-order chi connectivity index (χ1) is 9.07. The minimum Gasteiger partial charge on any atom is -0.314 e. The monoisotopic (exact) mass is 270 g/mol. The molecular weight excluding hydrogens is 232 g/mol. The fraction of sp³-hybridized carbons (Fsp3) is 1.00. The second-order valence-corrected chi connectivity index (χ2v) is 6.34. The molecule has 0 fully saturated rings. The van der Waals surface area contributed by atoms with Gasteiger partial charge >= 0.3 is 0 Å². The van der Waals surface area contributed by atoms with Crippen LogP contribution in [0.15, 0.2) is 0 Å². The van der Waals surface area contributed by atoms with Crippen molar-refractivity contribution >= 4 is 0 Å². The average molecular weight is 271 g/mol. The van der Waals surface area contributed by atoms with E-state index >= 15 is 0 Å². The summed E-state index contributed by atoms with van der Waals surface area (Å²) in [6, 6.07) is 1.37. The maximum Gasteiger partial charge on any atom is 0.00387 e. The molecule has 0 rings (SSSR count). The molecule has 0 aliphatic heterocycles. The smallest absolute Gasteiger partial charge is 0.00387 e. The Hall–Kier alpha value is -0.0800. The summed E-state index contributed by atoms with van der Waals surface area (Å²) in [5, 5.41) is 3.66. The molecule has 0 radical (unpaired) electrons. The van der Waals surface area contributed by atoms with Crippen LogP contribution in [0.3, 0.4) is 0 Å². The molecule has 0 aliphatic rings. The highest BCUT2D eigenvalue weighted by atomic mass is 15.1. The number of nitrogens with one attached hydrogen (secondary N) is 1. The summed E-state index contributed by atoms with van der Waals surface area (Å²) in [4.78, 5) is 2.43. The van der Waals surface area contributed by atoms with E-state index in [4.69, 9.17) is 0 Å². The summed E-state index contributed by atoms with van der Waals surface area (Å²) in [7, 11) is 2.22. The molecule has 2 nitrogen and oxygen atoms in total. The van der Waals surface area contributed by atoms with Crippen LogP contribution >= 0.6 is 0 Å². The van der Waals surface area contributed by atoms with Gasteiger partial charge in [-0.15, -0.1) is 0 Å². The van der Waals surface area contributed by atoms with Crippen LogP contribution in [0, 0.1) is 0 Å². The van der Waals surface area contributed by atoms with E-state index in [0.717, 1.165) is 0 Å². The molecule has 19 heavy (non-hydrogen) atoms. The molecule has 0 spiro atoms. The van der Waals surface area contributed by atoms with E-state index < -0.39 is 0 Å². The van der Waals surface area contributed by atoms with Crippen LogP contribution < -0.4 is 5.32 Å². The summed E-state index contributed by atoms with van der Waals surface area (Å²) >= 11 is 0. The average Bonchev–Trinajstić information content (AvgIpc) is 2.37. The van der Waals surface area contributed by atoms with Crippen molar-refractivity contribution in [2.75, 3.05) is 20.1 Å². The van der Waals surface area contributed by atoms with Gasteiger partial charge in [-0.1, -0.05) is 39.0 Å². The van der Waals surface area contributed by atoms with Crippen LogP contribution in [0.5, 0.6) is 0 Å². The van der Waals surface area contributed by atoms with Crippen LogP contribution in [-0.2, 0) is 0 Å². The number of hydrogen-bond acceptors (Lipinski definition) is 2. The van der Waals surface area contributed by atoms with Crippen molar-refractivity contribution in [3.8, 4) is 0 Å². The predicted molar refractivity (Wildman–Crippen MR) is 87.8 cm³/mol. The Morgan fingerprint density at radius 3 is 2.21 bits per heavy atom. The Morgan fingerprint density at radius 1 is 0.895 bits per heavy atom. The van der Waals surface area contributed by atoms with E-state index in [9.17, 15) is 0 Å². The quantitative estimate of drug-likeness (QED) is 0.498. The van der Waals surface area contributed by atoms with Crippen molar-refractivity contribution < 1.29 is 0 Å². The summed E-state index contributed by atoms with van der Waals surface area (Å²) in [6.07, 6.45) is 10.9. The number of nitrogens with zero attached hydrogens (tertiary/aromatic N) is 1. The summed E-state index contributed by atoms with van der Waals surface area (Å²) < 4.78 is 0. The molecule has 0 aromatic heterocycles. The molecule has 0 amide bonds. The zero-order chi connectivity index (χ0) is 14.5. The van der Waals surface area contributed by atoms with E-state index in [1.165, 1.54) is 64.5 Å². The van der Waals surface area contributed by atoms with Gasteiger partial charge in [0.15, 0.2) is 0 Å². The van der Waals surface area contributed by atoms with E-state index in [-0.39, 0.29) is 0 Å². The minimum atomic E-state index is 0.676. The largest absolute Gasteiger partial charge is 0.314 e. The van der Waals surface area contributed by atoms with Gasteiger partial charge in [0.2, 0.25) is 0 Å². The zero-order valence-electron chi connectivity index (χ0n) is 14.2. The predicted octanol–water partition coefficient (Wildman–Crippen LogP) is 4.45. The van der Waals surface area contributed by atoms with Crippen molar-refractivity contribution in [2.45, 2.75) is 91.1 Å². The SMILES string of the molecule is CCCCCCCC(C)NCCCCN(C)C(C)C. The van der Waals surface area contributed by atoms with E-state index in [0.29, 0.717) is 12.1 Å². The molecule has 0 bridgehead atoms. The van der Waals surface area contributed by atoms with Crippen molar-refractivity contribution in [1.82, 2.24) is 10.2 Å². The van der Waals surface area contributed by atoms with Gasteiger partial charge in [0.1, 0.15) is 0 Å². The summed E-state index contributed by atoms with van der Waals surface area (Å²) in [5.41, 5.74) is 0. The van der Waals surface area contributed by atoms with Crippen LogP contribution in [0.2, 0.25) is 0 Å². The van der Waals surface area contributed by atoms with Crippen molar-refractivity contribution in [1.29, 1.82) is 0 Å². The number of unbranched alkanes of at least 4 members (excludes halogenated alkanes) is 5. The molecule has 0 aromatic carbocycles. The first kappa shape index (κ1) is 18.9. The zero-order valence-corrected chi connectivity index (χ0v) is 14.2. The molecule has 1 N–H and O–H groups in total. The summed E-state index contributed by atoms with van der Waals surface area (Å²) in [5.74, 6) is 0. The van der Waals surface area contributed by atoms with Crippen LogP contribution in [0.1, 0.15) is 79.1 Å². The Kier molecular flexibility index (Phi) is 12.9. The van der Waals surface area contributed by atoms with Gasteiger partial charge in [0.25, 0.3) is 0 Å². The Labute approximate surface area is 122 Å². The lowest BCUT2D eigenvalue weighted by Crippen LogP contribution is -2.29. The Bertz CT molecular complexity index is 180. The molecule has 0 aromatic rings. The third-order valence-electron chi connectivity index (χ3n) is 4.05. The third-order valence-corrected chi connectivity index (χ3v) is 4.05. The lowest BCUT2D eigenvalue weighted by molar-refractivity contribution is 0.267. The highest BCUT2D eigenvalue weighted by Crippen LogP contribution is 2.07. The molecule has 0 saturated heterocycles. The van der Waals surface area contributed by atoms with Crippen molar-refractivity contribution in [3.63, 3.8) is 0 Å². The van der Waals surface area contributed by atoms with Crippen LogP contribution in [0.4, 0.5) is 0 Å². The molecule has 2 heteroatoms. The van der Waals surface area contributed by atoms with Crippen molar-refractivity contribution in [3.05, 3.63) is 0 Å². The Balaban J connectivity index is 3.27. The minimum absolute atomic E-state index is 0.676. The third kappa shape index (κ3) is 12.7. The number of hydrogen-bond donors (Lipinski definition) is 1. The molecular formula is C17H38N2. The van der Waals surface area contributed by atoms with Crippen molar-refractivity contribution in [2.24, 2.45) is 0 Å². The first-order valence-corrected chi connectivity index (χ1v) is 8.51. The molecule has 116 valence electrons. The summed E-state index contributed by atoms with van der Waals surface area (Å²) in [6.45, 7) is 11.5. The maximum atomic E-state index is 3.66. The molecule has 0 heterocycles. The molecule has 1 unspecified atom stereocenters. The fourth-order valence-electron chi connectivity index (χ4n) is 2.25. The van der Waals surface area contributed by atoms with Gasteiger partial charge in [-0.05, 0) is 60.2 Å². The normalized spacial score (nSPS) is 13.4. The van der Waals surface area contributed by atoms with E-state index in [2.05, 4.69) is 45.0 Å². The Morgan fingerprint density at radius 2 is 1.58 bits per heavy atom. The van der Waals surface area contributed by atoms with E-state index in [1.807, 2.05) is 0 Å². The van der Waals surface area contributed by atoms with Crippen LogP contribution in [-0.4, -0.2) is 37.1 Å². The van der Waals surface area contributed by atoms with Crippen LogP contribution in [0.25, 0.3) is 0 Å². The highest BCUT2D eigenvalue weighted by Gasteiger charge is 2.03. The lowest BCUT2D eigenvalue weighted by atomic mass is 10.1. The second kappa shape index (κ2) is 12.9. The topological polar surface area (TPSA) is 15.3 Å². The number of rotatable bonds is 13. The molecule has 0 aliphatic carbocycles. The second-order valence-electron chi connectivity index (χ2n) is 6.34. The standard InChI is InChI=1S/C17H38N2/c1-6-7-8-9-10-13-17(4)18-14-11-12-15-19(5)16(2)3/h16-18H,6-15H2,1-5H3. The van der Waals surface area contributed by atoms with E-state index in [1.54, 1.807) is 0 Å². The molecule has 0 saturated carbocycles. The highest BCUT2D eigenvalue weighted by molar-refractivity contribution is 4.62. The van der Waals surface area contributed by atoms with Gasteiger partial charge in [-0.3, -0.25) is 0 Å².